The molecule has 0 amide bonds. The fourth-order valence-corrected chi connectivity index (χ4v) is 2.98. The number of fused-ring (bicyclic) bond motifs is 3. The number of ether oxygens (including phenoxy) is 2. The van der Waals surface area contributed by atoms with Crippen LogP contribution >= 0.6 is 0 Å². The van der Waals surface area contributed by atoms with Crippen molar-refractivity contribution in [1.29, 1.82) is 0 Å². The summed E-state index contributed by atoms with van der Waals surface area (Å²) in [5, 5.41) is 3.33. The quantitative estimate of drug-likeness (QED) is 0.938. The molecule has 6 nitrogen and oxygen atoms in total. The fourth-order valence-electron chi connectivity index (χ4n) is 2.98. The molecule has 1 aromatic carbocycles. The lowest BCUT2D eigenvalue weighted by atomic mass is 9.97. The molecule has 0 aliphatic carbocycles. The van der Waals surface area contributed by atoms with Crippen LogP contribution < -0.4 is 20.3 Å². The second-order valence-electron chi connectivity index (χ2n) is 6.94. The molecule has 0 saturated heterocycles. The van der Waals surface area contributed by atoms with Crippen molar-refractivity contribution in [2.45, 2.75) is 39.3 Å². The number of anilines is 1. The zero-order chi connectivity index (χ0) is 17.5. The van der Waals surface area contributed by atoms with E-state index in [1.54, 1.807) is 20.3 Å². The van der Waals surface area contributed by atoms with Gasteiger partial charge in [0.05, 0.1) is 19.9 Å². The Kier molecular flexibility index (Phi) is 3.99. The van der Waals surface area contributed by atoms with Crippen LogP contribution in [0.2, 0.25) is 0 Å². The van der Waals surface area contributed by atoms with Crippen molar-refractivity contribution < 1.29 is 9.47 Å². The van der Waals surface area contributed by atoms with E-state index < -0.39 is 0 Å². The predicted molar refractivity (Wildman–Crippen MR) is 94.1 cm³/mol. The molecule has 0 spiro atoms. The molecule has 1 N–H and O–H groups in total. The van der Waals surface area contributed by atoms with Crippen LogP contribution in [0, 0.1) is 0 Å². The number of hydrogen-bond acceptors (Lipinski definition) is 5. The van der Waals surface area contributed by atoms with Crippen molar-refractivity contribution in [3.05, 3.63) is 34.1 Å². The van der Waals surface area contributed by atoms with Gasteiger partial charge in [-0.1, -0.05) is 0 Å². The average Bonchev–Trinajstić information content (AvgIpc) is 2.51. The van der Waals surface area contributed by atoms with Crippen LogP contribution in [0.1, 0.15) is 26.3 Å². The smallest absolute Gasteiger partial charge is 0.275 e. The Morgan fingerprint density at radius 3 is 2.42 bits per heavy atom. The van der Waals surface area contributed by atoms with Gasteiger partial charge in [0, 0.05) is 23.7 Å². The monoisotopic (exact) mass is 329 g/mol. The Morgan fingerprint density at radius 1 is 1.12 bits per heavy atom. The summed E-state index contributed by atoms with van der Waals surface area (Å²) in [6, 6.07) is 5.50. The minimum absolute atomic E-state index is 0.181. The summed E-state index contributed by atoms with van der Waals surface area (Å²) in [5.74, 6) is 1.96. The maximum Gasteiger partial charge on any atom is 0.275 e. The number of methoxy groups -OCH3 is 2. The molecule has 0 radical (unpaired) electrons. The number of nitrogens with zero attached hydrogens (tertiary/aromatic N) is 2. The van der Waals surface area contributed by atoms with Crippen molar-refractivity contribution in [3.63, 3.8) is 0 Å². The highest BCUT2D eigenvalue weighted by Gasteiger charge is 2.23. The summed E-state index contributed by atoms with van der Waals surface area (Å²) in [6.45, 7) is 6.89. The summed E-state index contributed by atoms with van der Waals surface area (Å²) in [5.41, 5.74) is 2.54. The number of nitrogens with one attached hydrogen (secondary N) is 1. The minimum atomic E-state index is -0.254. The number of hydrogen-bond donors (Lipinski definition) is 1. The topological polar surface area (TPSA) is 65.4 Å². The van der Waals surface area contributed by atoms with Gasteiger partial charge < -0.3 is 19.4 Å². The molecule has 0 atom stereocenters. The Balaban J connectivity index is 2.20. The van der Waals surface area contributed by atoms with Crippen LogP contribution in [-0.2, 0) is 13.0 Å². The Hall–Kier alpha value is -2.50. The molecule has 3 rings (SSSR count). The lowest BCUT2D eigenvalue weighted by molar-refractivity contribution is 0.354. The number of aryl methyl sites for hydroxylation is 1. The third-order valence-corrected chi connectivity index (χ3v) is 4.00. The highest BCUT2D eigenvalue weighted by Crippen LogP contribution is 2.38. The van der Waals surface area contributed by atoms with Crippen LogP contribution in [0.3, 0.4) is 0 Å². The highest BCUT2D eigenvalue weighted by atomic mass is 16.5. The van der Waals surface area contributed by atoms with Crippen molar-refractivity contribution >= 4 is 5.95 Å². The van der Waals surface area contributed by atoms with Gasteiger partial charge in [-0.25, -0.2) is 0 Å². The van der Waals surface area contributed by atoms with Gasteiger partial charge in [-0.3, -0.25) is 4.79 Å². The molecule has 0 fully saturated rings. The molecule has 0 unspecified atom stereocenters. The minimum Gasteiger partial charge on any atom is -0.493 e. The lowest BCUT2D eigenvalue weighted by Gasteiger charge is -2.29. The number of aromatic nitrogens is 2. The Bertz CT molecular complexity index is 835. The van der Waals surface area contributed by atoms with E-state index in [0.29, 0.717) is 17.4 Å². The summed E-state index contributed by atoms with van der Waals surface area (Å²) < 4.78 is 12.9. The molecule has 6 heteroatoms. The van der Waals surface area contributed by atoms with E-state index in [1.807, 2.05) is 32.9 Å². The van der Waals surface area contributed by atoms with Crippen LogP contribution in [0.15, 0.2) is 23.0 Å². The van der Waals surface area contributed by atoms with Gasteiger partial charge in [0.25, 0.3) is 5.56 Å². The van der Waals surface area contributed by atoms with Crippen molar-refractivity contribution in [3.8, 4) is 22.8 Å². The summed E-state index contributed by atoms with van der Waals surface area (Å²) in [6.07, 6.45) is 0.839. The first-order valence-electron chi connectivity index (χ1n) is 7.98. The third-order valence-electron chi connectivity index (χ3n) is 4.00. The van der Waals surface area contributed by atoms with E-state index in [1.165, 1.54) is 0 Å². The highest BCUT2D eigenvalue weighted by molar-refractivity contribution is 5.71. The summed E-state index contributed by atoms with van der Waals surface area (Å²) in [7, 11) is 3.24. The predicted octanol–water partition coefficient (Wildman–Crippen LogP) is 2.69. The van der Waals surface area contributed by atoms with E-state index in [4.69, 9.17) is 9.47 Å². The first kappa shape index (κ1) is 16.4. The van der Waals surface area contributed by atoms with Crippen molar-refractivity contribution in [1.82, 2.24) is 9.55 Å². The summed E-state index contributed by atoms with van der Waals surface area (Å²) >= 11 is 0. The van der Waals surface area contributed by atoms with Crippen LogP contribution in [0.25, 0.3) is 11.3 Å². The van der Waals surface area contributed by atoms with Crippen LogP contribution in [-0.4, -0.2) is 29.3 Å². The Labute approximate surface area is 141 Å². The molecule has 24 heavy (non-hydrogen) atoms. The molecule has 128 valence electrons. The normalized spacial score (nSPS) is 13.0. The molecule has 1 aromatic heterocycles. The van der Waals surface area contributed by atoms with Gasteiger partial charge in [-0.15, -0.1) is 0 Å². The van der Waals surface area contributed by atoms with Gasteiger partial charge in [0.1, 0.15) is 0 Å². The average molecular weight is 329 g/mol. The second-order valence-corrected chi connectivity index (χ2v) is 6.94. The first-order chi connectivity index (χ1) is 11.3. The van der Waals surface area contributed by atoms with E-state index in [0.717, 1.165) is 29.8 Å². The van der Waals surface area contributed by atoms with Crippen LogP contribution in [0.4, 0.5) is 5.95 Å². The van der Waals surface area contributed by atoms with Crippen molar-refractivity contribution in [2.24, 2.45) is 0 Å². The van der Waals surface area contributed by atoms with E-state index in [-0.39, 0.29) is 11.1 Å². The van der Waals surface area contributed by atoms with Crippen molar-refractivity contribution in [2.75, 3.05) is 19.5 Å². The SMILES string of the molecule is COc1cc2c(cc1OC)-c1cc(=O)nc(NC(C)(C)C)n1CC2. The van der Waals surface area contributed by atoms with E-state index in [9.17, 15) is 4.79 Å². The first-order valence-corrected chi connectivity index (χ1v) is 7.98. The third kappa shape index (κ3) is 2.96. The largest absolute Gasteiger partial charge is 0.493 e. The number of rotatable bonds is 3. The van der Waals surface area contributed by atoms with Gasteiger partial charge in [-0.05, 0) is 44.9 Å². The molecule has 2 aromatic rings. The zero-order valence-corrected chi connectivity index (χ0v) is 14.8. The second kappa shape index (κ2) is 5.85. The fraction of sp³-hybridized carbons (Fsp3) is 0.444. The molecule has 1 aliphatic rings. The molecule has 0 saturated carbocycles. The van der Waals surface area contributed by atoms with Gasteiger partial charge in [0.2, 0.25) is 5.95 Å². The molecular formula is C18H23N3O3. The van der Waals surface area contributed by atoms with E-state index >= 15 is 0 Å². The molecule has 2 heterocycles. The molecular weight excluding hydrogens is 306 g/mol. The van der Waals surface area contributed by atoms with Crippen LogP contribution in [0.5, 0.6) is 11.5 Å². The maximum atomic E-state index is 12.1. The molecule has 1 aliphatic heterocycles. The number of benzene rings is 1. The Morgan fingerprint density at radius 2 is 1.79 bits per heavy atom. The zero-order valence-electron chi connectivity index (χ0n) is 14.8. The maximum absolute atomic E-state index is 12.1. The van der Waals surface area contributed by atoms with Gasteiger partial charge >= 0.3 is 0 Å². The van der Waals surface area contributed by atoms with E-state index in [2.05, 4.69) is 14.9 Å². The molecule has 0 bridgehead atoms. The van der Waals surface area contributed by atoms with Gasteiger partial charge in [-0.2, -0.15) is 4.98 Å². The standard InChI is InChI=1S/C18H23N3O3/c1-18(2,3)20-17-19-16(22)10-13-12-9-15(24-5)14(23-4)8-11(12)6-7-21(13)17/h8-10H,6-7H2,1-5H3,(H,19,20,22). The lowest BCUT2D eigenvalue weighted by Crippen LogP contribution is -2.32. The summed E-state index contributed by atoms with van der Waals surface area (Å²) in [4.78, 5) is 16.3. The van der Waals surface area contributed by atoms with Gasteiger partial charge in [0.15, 0.2) is 11.5 Å².